The lowest BCUT2D eigenvalue weighted by Gasteiger charge is -2.35. The molecule has 4 heteroatoms. The van der Waals surface area contributed by atoms with Gasteiger partial charge in [-0.1, -0.05) is 112 Å². The van der Waals surface area contributed by atoms with Gasteiger partial charge in [0.05, 0.1) is 11.2 Å². The van der Waals surface area contributed by atoms with E-state index in [0.29, 0.717) is 0 Å². The Labute approximate surface area is 203 Å². The average molecular weight is 463 g/mol. The summed E-state index contributed by atoms with van der Waals surface area (Å²) in [6, 6.07) is 22.4. The van der Waals surface area contributed by atoms with Crippen molar-refractivity contribution in [2.45, 2.75) is 97.8 Å². The van der Waals surface area contributed by atoms with Crippen LogP contribution < -0.4 is 10.4 Å². The number of benzene rings is 2. The molecule has 0 aromatic heterocycles. The SMILES string of the molecule is CCCC/C(B1OC(C)(C)C(C)(C)O1)=C(\CCCC)[Si](C)(c1ccccc1)c1ccccc1. The summed E-state index contributed by atoms with van der Waals surface area (Å²) in [5, 5.41) is 4.54. The van der Waals surface area contributed by atoms with Gasteiger partial charge < -0.3 is 9.31 Å². The maximum Gasteiger partial charge on any atom is 0.490 e. The van der Waals surface area contributed by atoms with Gasteiger partial charge in [-0.25, -0.2) is 0 Å². The van der Waals surface area contributed by atoms with Crippen molar-refractivity contribution < 1.29 is 9.31 Å². The Morgan fingerprint density at radius 1 is 0.727 bits per heavy atom. The van der Waals surface area contributed by atoms with Gasteiger partial charge >= 0.3 is 7.12 Å². The summed E-state index contributed by atoms with van der Waals surface area (Å²) in [6.45, 7) is 15.8. The molecule has 1 fully saturated rings. The highest BCUT2D eigenvalue weighted by atomic mass is 28.3. The molecule has 0 N–H and O–H groups in total. The van der Waals surface area contributed by atoms with Gasteiger partial charge in [0, 0.05) is 0 Å². The first-order valence-corrected chi connectivity index (χ1v) is 15.4. The van der Waals surface area contributed by atoms with Crippen LogP contribution in [0.2, 0.25) is 6.55 Å². The van der Waals surface area contributed by atoms with E-state index in [1.807, 2.05) is 0 Å². The van der Waals surface area contributed by atoms with Crippen molar-refractivity contribution in [3.8, 4) is 0 Å². The van der Waals surface area contributed by atoms with Gasteiger partial charge in [-0.3, -0.25) is 0 Å². The molecule has 0 unspecified atom stereocenters. The summed E-state index contributed by atoms with van der Waals surface area (Å²) in [5.74, 6) is 0. The van der Waals surface area contributed by atoms with Crippen molar-refractivity contribution in [3.63, 3.8) is 0 Å². The zero-order valence-corrected chi connectivity index (χ0v) is 22.9. The molecule has 178 valence electrons. The highest BCUT2D eigenvalue weighted by Gasteiger charge is 2.53. The van der Waals surface area contributed by atoms with E-state index in [1.165, 1.54) is 35.1 Å². The molecule has 0 bridgehead atoms. The van der Waals surface area contributed by atoms with Crippen LogP contribution in [-0.4, -0.2) is 26.4 Å². The molecule has 0 amide bonds. The molecule has 0 radical (unpaired) electrons. The second-order valence-electron chi connectivity index (χ2n) is 10.7. The molecule has 2 aromatic carbocycles. The van der Waals surface area contributed by atoms with Gasteiger partial charge in [-0.2, -0.15) is 0 Å². The van der Waals surface area contributed by atoms with Crippen LogP contribution in [-0.2, 0) is 9.31 Å². The zero-order valence-electron chi connectivity index (χ0n) is 21.9. The predicted molar refractivity (Wildman–Crippen MR) is 146 cm³/mol. The molecular formula is C29H43BO2Si. The van der Waals surface area contributed by atoms with Crippen molar-refractivity contribution >= 4 is 25.6 Å². The molecule has 2 nitrogen and oxygen atoms in total. The van der Waals surface area contributed by atoms with Crippen LogP contribution in [0.5, 0.6) is 0 Å². The summed E-state index contributed by atoms with van der Waals surface area (Å²) in [6.07, 6.45) is 6.83. The number of unbranched alkanes of at least 4 members (excludes halogenated alkanes) is 2. The van der Waals surface area contributed by atoms with Gasteiger partial charge in [0.1, 0.15) is 8.07 Å². The third kappa shape index (κ3) is 5.39. The first-order chi connectivity index (χ1) is 15.7. The minimum atomic E-state index is -2.22. The average Bonchev–Trinajstić information content (AvgIpc) is 3.03. The molecule has 1 heterocycles. The molecule has 0 atom stereocenters. The van der Waals surface area contributed by atoms with E-state index < -0.39 is 8.07 Å². The second kappa shape index (κ2) is 10.8. The first-order valence-electron chi connectivity index (χ1n) is 12.9. The molecule has 33 heavy (non-hydrogen) atoms. The minimum Gasteiger partial charge on any atom is -0.400 e. The zero-order chi connectivity index (χ0) is 24.1. The van der Waals surface area contributed by atoms with Crippen molar-refractivity contribution in [2.75, 3.05) is 0 Å². The molecule has 1 saturated heterocycles. The van der Waals surface area contributed by atoms with E-state index in [9.17, 15) is 0 Å². The van der Waals surface area contributed by atoms with E-state index >= 15 is 0 Å². The summed E-state index contributed by atoms with van der Waals surface area (Å²) in [5.41, 5.74) is 0.746. The molecule has 0 saturated carbocycles. The van der Waals surface area contributed by atoms with Gasteiger partial charge in [0.15, 0.2) is 0 Å². The monoisotopic (exact) mass is 462 g/mol. The van der Waals surface area contributed by atoms with Crippen molar-refractivity contribution in [2.24, 2.45) is 0 Å². The number of hydrogen-bond donors (Lipinski definition) is 0. The van der Waals surface area contributed by atoms with E-state index in [0.717, 1.165) is 19.3 Å². The molecule has 2 aromatic rings. The van der Waals surface area contributed by atoms with E-state index in [4.69, 9.17) is 9.31 Å². The Hall–Kier alpha value is -1.62. The number of allylic oxidation sites excluding steroid dienone is 2. The topological polar surface area (TPSA) is 18.5 Å². The van der Waals surface area contributed by atoms with Gasteiger partial charge in [0.2, 0.25) is 0 Å². The largest absolute Gasteiger partial charge is 0.490 e. The van der Waals surface area contributed by atoms with Crippen LogP contribution in [0.25, 0.3) is 0 Å². The van der Waals surface area contributed by atoms with E-state index in [-0.39, 0.29) is 18.3 Å². The Morgan fingerprint density at radius 2 is 1.15 bits per heavy atom. The fourth-order valence-corrected chi connectivity index (χ4v) is 9.22. The molecule has 0 spiro atoms. The molecule has 3 rings (SSSR count). The summed E-state index contributed by atoms with van der Waals surface area (Å²) in [4.78, 5) is 0. The normalized spacial score (nSPS) is 18.3. The number of rotatable bonds is 10. The highest BCUT2D eigenvalue weighted by molar-refractivity contribution is 7.07. The lowest BCUT2D eigenvalue weighted by molar-refractivity contribution is 0.00578. The van der Waals surface area contributed by atoms with Crippen LogP contribution in [0.3, 0.4) is 0 Å². The molecule has 0 aliphatic carbocycles. The highest BCUT2D eigenvalue weighted by Crippen LogP contribution is 2.41. The predicted octanol–water partition coefficient (Wildman–Crippen LogP) is 6.73. The van der Waals surface area contributed by atoms with Gasteiger partial charge in [0.25, 0.3) is 0 Å². The first kappa shape index (κ1) is 26.0. The number of hydrogen-bond acceptors (Lipinski definition) is 2. The molecule has 1 aliphatic heterocycles. The van der Waals surface area contributed by atoms with Crippen LogP contribution in [0.1, 0.15) is 80.1 Å². The van der Waals surface area contributed by atoms with Crippen LogP contribution in [0.15, 0.2) is 71.3 Å². The van der Waals surface area contributed by atoms with Crippen LogP contribution >= 0.6 is 0 Å². The quantitative estimate of drug-likeness (QED) is 0.365. The second-order valence-corrected chi connectivity index (χ2v) is 14.7. The van der Waals surface area contributed by atoms with Gasteiger partial charge in [-0.05, 0) is 56.4 Å². The minimum absolute atomic E-state index is 0.271. The molecule has 1 aliphatic rings. The maximum absolute atomic E-state index is 6.69. The van der Waals surface area contributed by atoms with Crippen molar-refractivity contribution in [1.82, 2.24) is 0 Å². The molecular weight excluding hydrogens is 419 g/mol. The lowest BCUT2D eigenvalue weighted by Crippen LogP contribution is -2.58. The fraction of sp³-hybridized carbons (Fsp3) is 0.517. The Kier molecular flexibility index (Phi) is 8.47. The summed E-state index contributed by atoms with van der Waals surface area (Å²) in [7, 11) is -2.49. The Balaban J connectivity index is 2.27. The summed E-state index contributed by atoms with van der Waals surface area (Å²) < 4.78 is 13.4. The van der Waals surface area contributed by atoms with Crippen molar-refractivity contribution in [3.05, 3.63) is 71.3 Å². The van der Waals surface area contributed by atoms with E-state index in [2.05, 4.69) is 109 Å². The third-order valence-electron chi connectivity index (χ3n) is 7.81. The van der Waals surface area contributed by atoms with Gasteiger partial charge in [-0.15, -0.1) is 0 Å². The smallest absolute Gasteiger partial charge is 0.400 e. The standard InChI is InChI=1S/C29H43BO2Si/c1-8-10-22-26(30-31-28(3,4)29(5,6)32-30)27(23-11-9-2)33(7,24-18-14-12-15-19-24)25-20-16-13-17-21-25/h12-21H,8-11,22-23H2,1-7H3/b27-26-. The Bertz CT molecular complexity index is 866. The van der Waals surface area contributed by atoms with E-state index in [1.54, 1.807) is 5.20 Å². The maximum atomic E-state index is 6.69. The lowest BCUT2D eigenvalue weighted by atomic mass is 9.74. The van der Waals surface area contributed by atoms with Crippen LogP contribution in [0.4, 0.5) is 0 Å². The third-order valence-corrected chi connectivity index (χ3v) is 12.6. The fourth-order valence-electron chi connectivity index (χ4n) is 4.91. The summed E-state index contributed by atoms with van der Waals surface area (Å²) >= 11 is 0. The Morgan fingerprint density at radius 3 is 1.58 bits per heavy atom. The van der Waals surface area contributed by atoms with Crippen molar-refractivity contribution in [1.29, 1.82) is 0 Å². The van der Waals surface area contributed by atoms with Crippen LogP contribution in [0, 0.1) is 0 Å².